The van der Waals surface area contributed by atoms with Gasteiger partial charge in [0.2, 0.25) is 0 Å². The van der Waals surface area contributed by atoms with Crippen LogP contribution in [0, 0.1) is 0 Å². The van der Waals surface area contributed by atoms with Crippen molar-refractivity contribution in [3.8, 4) is 0 Å². The minimum Gasteiger partial charge on any atom is -0.464 e. The summed E-state index contributed by atoms with van der Waals surface area (Å²) in [5.74, 6) is -0.139. The fourth-order valence-corrected chi connectivity index (χ4v) is 2.74. The first kappa shape index (κ1) is 13.8. The number of allylic oxidation sites excluding steroid dienone is 2. The first-order valence-electron chi connectivity index (χ1n) is 6.37. The molecule has 0 bridgehead atoms. The van der Waals surface area contributed by atoms with Crippen molar-refractivity contribution >= 4 is 21.9 Å². The molecule has 1 aliphatic carbocycles. The molecule has 1 fully saturated rings. The van der Waals surface area contributed by atoms with Crippen LogP contribution in [0.5, 0.6) is 0 Å². The molecule has 2 rings (SSSR count). The average molecular weight is 315 g/mol. The van der Waals surface area contributed by atoms with Gasteiger partial charge in [-0.3, -0.25) is 4.90 Å². The molecule has 0 amide bonds. The van der Waals surface area contributed by atoms with Crippen LogP contribution < -0.4 is 5.32 Å². The van der Waals surface area contributed by atoms with Crippen molar-refractivity contribution < 1.29 is 9.53 Å². The summed E-state index contributed by atoms with van der Waals surface area (Å²) < 4.78 is 6.30. The van der Waals surface area contributed by atoms with Gasteiger partial charge in [0.25, 0.3) is 0 Å². The van der Waals surface area contributed by atoms with Crippen molar-refractivity contribution in [3.63, 3.8) is 0 Å². The van der Waals surface area contributed by atoms with E-state index in [-0.39, 0.29) is 5.97 Å². The number of carbonyl (C=O) groups excluding carboxylic acids is 1. The van der Waals surface area contributed by atoms with Crippen LogP contribution in [0.25, 0.3) is 0 Å². The van der Waals surface area contributed by atoms with E-state index in [2.05, 4.69) is 26.1 Å². The van der Waals surface area contributed by atoms with Crippen LogP contribution in [0.1, 0.15) is 13.3 Å². The Labute approximate surface area is 116 Å². The van der Waals surface area contributed by atoms with E-state index in [0.29, 0.717) is 13.0 Å². The molecule has 0 saturated carbocycles. The van der Waals surface area contributed by atoms with Crippen molar-refractivity contribution in [2.75, 3.05) is 32.8 Å². The van der Waals surface area contributed by atoms with Crippen LogP contribution in [0.2, 0.25) is 0 Å². The van der Waals surface area contributed by atoms with Gasteiger partial charge in [-0.1, -0.05) is 28.1 Å². The zero-order chi connectivity index (χ0) is 13.0. The van der Waals surface area contributed by atoms with Gasteiger partial charge in [-0.25, -0.2) is 4.79 Å². The maximum absolute atomic E-state index is 12.3. The van der Waals surface area contributed by atoms with Crippen LogP contribution in [-0.4, -0.2) is 49.2 Å². The minimum absolute atomic E-state index is 0.139. The summed E-state index contributed by atoms with van der Waals surface area (Å²) in [6, 6.07) is 0. The van der Waals surface area contributed by atoms with Crippen molar-refractivity contribution in [3.05, 3.63) is 22.7 Å². The Balaban J connectivity index is 2.22. The van der Waals surface area contributed by atoms with E-state index < -0.39 is 5.54 Å². The molecule has 2 aliphatic rings. The summed E-state index contributed by atoms with van der Waals surface area (Å²) in [6.07, 6.45) is 6.63. The number of rotatable bonds is 3. The first-order valence-corrected chi connectivity index (χ1v) is 7.16. The van der Waals surface area contributed by atoms with Crippen molar-refractivity contribution in [2.24, 2.45) is 0 Å². The van der Waals surface area contributed by atoms with Gasteiger partial charge in [-0.2, -0.15) is 0 Å². The number of carbonyl (C=O) groups is 1. The predicted molar refractivity (Wildman–Crippen MR) is 74.6 cm³/mol. The largest absolute Gasteiger partial charge is 0.464 e. The average Bonchev–Trinajstić information content (AvgIpc) is 2.41. The molecule has 100 valence electrons. The number of esters is 1. The molecule has 0 aromatic rings. The molecule has 1 aliphatic heterocycles. The molecule has 0 unspecified atom stereocenters. The highest BCUT2D eigenvalue weighted by Crippen LogP contribution is 2.31. The van der Waals surface area contributed by atoms with Gasteiger partial charge in [0.05, 0.1) is 6.61 Å². The van der Waals surface area contributed by atoms with E-state index in [1.54, 1.807) is 0 Å². The lowest BCUT2D eigenvalue weighted by Gasteiger charge is -2.42. The molecule has 18 heavy (non-hydrogen) atoms. The molecule has 1 atom stereocenters. The van der Waals surface area contributed by atoms with Crippen LogP contribution in [-0.2, 0) is 9.53 Å². The van der Waals surface area contributed by atoms with E-state index in [0.717, 1.165) is 30.7 Å². The summed E-state index contributed by atoms with van der Waals surface area (Å²) in [5, 5.41) is 3.31. The summed E-state index contributed by atoms with van der Waals surface area (Å²) in [5.41, 5.74) is -0.616. The van der Waals surface area contributed by atoms with Crippen LogP contribution in [0.3, 0.4) is 0 Å². The summed E-state index contributed by atoms with van der Waals surface area (Å²) in [6.45, 7) is 5.84. The number of hydrogen-bond donors (Lipinski definition) is 1. The summed E-state index contributed by atoms with van der Waals surface area (Å²) in [4.78, 5) is 14.6. The Morgan fingerprint density at radius 2 is 2.28 bits per heavy atom. The van der Waals surface area contributed by atoms with Crippen LogP contribution in [0.4, 0.5) is 0 Å². The molecule has 1 saturated heterocycles. The number of ether oxygens (including phenoxy) is 1. The molecule has 0 aromatic heterocycles. The molecular formula is C13H19BrN2O2. The van der Waals surface area contributed by atoms with Gasteiger partial charge in [-0.15, -0.1) is 0 Å². The normalized spacial score (nSPS) is 28.9. The lowest BCUT2D eigenvalue weighted by atomic mass is 9.88. The standard InChI is InChI=1S/C13H19BrN2O2/c1-2-18-12(17)13(5-3-11(14)4-6-13)16-9-7-15-8-10-16/h3-5,15H,2,6-10H2,1H3/t13-/m1/s1. The molecule has 4 nitrogen and oxygen atoms in total. The van der Waals surface area contributed by atoms with Crippen LogP contribution in [0.15, 0.2) is 22.7 Å². The Kier molecular flexibility index (Phi) is 4.59. The van der Waals surface area contributed by atoms with Gasteiger partial charge in [0, 0.05) is 30.7 Å². The fraction of sp³-hybridized carbons (Fsp3) is 0.615. The summed E-state index contributed by atoms with van der Waals surface area (Å²) in [7, 11) is 0. The number of halogens is 1. The van der Waals surface area contributed by atoms with E-state index in [4.69, 9.17) is 4.74 Å². The van der Waals surface area contributed by atoms with Gasteiger partial charge < -0.3 is 10.1 Å². The van der Waals surface area contributed by atoms with Crippen molar-refractivity contribution in [1.82, 2.24) is 10.2 Å². The number of nitrogens with zero attached hydrogens (tertiary/aromatic N) is 1. The zero-order valence-corrected chi connectivity index (χ0v) is 12.2. The predicted octanol–water partition coefficient (Wildman–Crippen LogP) is 1.43. The topological polar surface area (TPSA) is 41.6 Å². The van der Waals surface area contributed by atoms with E-state index >= 15 is 0 Å². The minimum atomic E-state index is -0.616. The second-order valence-corrected chi connectivity index (χ2v) is 5.42. The lowest BCUT2D eigenvalue weighted by Crippen LogP contribution is -2.60. The number of hydrogen-bond acceptors (Lipinski definition) is 4. The zero-order valence-electron chi connectivity index (χ0n) is 10.6. The maximum Gasteiger partial charge on any atom is 0.330 e. The highest BCUT2D eigenvalue weighted by molar-refractivity contribution is 9.11. The highest BCUT2D eigenvalue weighted by Gasteiger charge is 2.43. The Morgan fingerprint density at radius 3 is 2.83 bits per heavy atom. The molecule has 0 radical (unpaired) electrons. The summed E-state index contributed by atoms with van der Waals surface area (Å²) >= 11 is 3.44. The number of piperazine rings is 1. The SMILES string of the molecule is CCOC(=O)[C@@]1(N2CCNCC2)C=CC(Br)=CC1. The Bertz CT molecular complexity index is 375. The van der Waals surface area contributed by atoms with Gasteiger partial charge >= 0.3 is 5.97 Å². The molecule has 0 spiro atoms. The second kappa shape index (κ2) is 5.99. The molecular weight excluding hydrogens is 296 g/mol. The number of nitrogens with one attached hydrogen (secondary N) is 1. The van der Waals surface area contributed by atoms with E-state index in [9.17, 15) is 4.79 Å². The maximum atomic E-state index is 12.3. The molecule has 1 heterocycles. The van der Waals surface area contributed by atoms with E-state index in [1.165, 1.54) is 0 Å². The third kappa shape index (κ3) is 2.68. The van der Waals surface area contributed by atoms with Gasteiger partial charge in [0.1, 0.15) is 5.54 Å². The molecule has 5 heteroatoms. The third-order valence-corrected chi connectivity index (χ3v) is 4.02. The first-order chi connectivity index (χ1) is 8.69. The Hall–Kier alpha value is -0.650. The lowest BCUT2D eigenvalue weighted by molar-refractivity contribution is -0.155. The molecule has 0 aromatic carbocycles. The second-order valence-electron chi connectivity index (χ2n) is 4.51. The van der Waals surface area contributed by atoms with E-state index in [1.807, 2.05) is 25.2 Å². The van der Waals surface area contributed by atoms with Crippen molar-refractivity contribution in [2.45, 2.75) is 18.9 Å². The molecule has 1 N–H and O–H groups in total. The van der Waals surface area contributed by atoms with Gasteiger partial charge in [-0.05, 0) is 19.4 Å². The van der Waals surface area contributed by atoms with Crippen molar-refractivity contribution in [1.29, 1.82) is 0 Å². The monoisotopic (exact) mass is 314 g/mol. The fourth-order valence-electron chi connectivity index (χ4n) is 2.44. The highest BCUT2D eigenvalue weighted by atomic mass is 79.9. The van der Waals surface area contributed by atoms with Crippen LogP contribution >= 0.6 is 15.9 Å². The van der Waals surface area contributed by atoms with Gasteiger partial charge in [0.15, 0.2) is 0 Å². The third-order valence-electron chi connectivity index (χ3n) is 3.44. The quantitative estimate of drug-likeness (QED) is 0.800. The smallest absolute Gasteiger partial charge is 0.330 e. The Morgan fingerprint density at radius 1 is 1.56 bits per heavy atom.